The summed E-state index contributed by atoms with van der Waals surface area (Å²) >= 11 is 0. The lowest BCUT2D eigenvalue weighted by atomic mass is 9.92. The summed E-state index contributed by atoms with van der Waals surface area (Å²) in [6, 6.07) is 39.6. The molecule has 8 heteroatoms. The quantitative estimate of drug-likeness (QED) is 0.104. The van der Waals surface area contributed by atoms with Crippen LogP contribution in [-0.4, -0.2) is 13.9 Å². The fraction of sp³-hybridized carbons (Fsp3) is 0.0286. The first kappa shape index (κ1) is 28.7. The molecule has 0 atom stereocenters. The third-order valence-corrected chi connectivity index (χ3v) is 10.6. The smallest absolute Gasteiger partial charge is 0.375 e. The van der Waals surface area contributed by atoms with Gasteiger partial charge in [0.05, 0.1) is 0 Å². The Bertz CT molecular complexity index is 2040. The Hall–Kier alpha value is -4.45. The molecule has 0 saturated carbocycles. The molecular weight excluding hydrogens is 588 g/mol. The molecule has 6 aromatic rings. The van der Waals surface area contributed by atoms with Gasteiger partial charge in [-0.2, -0.15) is 21.6 Å². The van der Waals surface area contributed by atoms with Gasteiger partial charge in [-0.15, -0.1) is 0 Å². The molecule has 0 N–H and O–H groups in total. The highest BCUT2D eigenvalue weighted by Gasteiger charge is 2.49. The van der Waals surface area contributed by atoms with Crippen molar-refractivity contribution in [2.24, 2.45) is 0 Å². The lowest BCUT2D eigenvalue weighted by Gasteiger charge is -2.25. The molecule has 0 spiro atoms. The molecule has 0 amide bonds. The minimum absolute atomic E-state index is 0.270. The largest absolute Gasteiger partial charge is 0.534 e. The predicted molar refractivity (Wildman–Crippen MR) is 171 cm³/mol. The predicted octanol–water partition coefficient (Wildman–Crippen LogP) is 8.29. The van der Waals surface area contributed by atoms with Crippen molar-refractivity contribution in [3.63, 3.8) is 0 Å². The Morgan fingerprint density at radius 3 is 1.86 bits per heavy atom. The van der Waals surface area contributed by atoms with Crippen molar-refractivity contribution in [2.75, 3.05) is 0 Å². The van der Waals surface area contributed by atoms with Gasteiger partial charge in [-0.05, 0) is 63.1 Å². The van der Waals surface area contributed by atoms with E-state index in [-0.39, 0.29) is 5.56 Å². The van der Waals surface area contributed by atoms with E-state index in [0.717, 1.165) is 32.2 Å². The molecule has 6 rings (SSSR count). The Balaban J connectivity index is 1.77. The zero-order valence-electron chi connectivity index (χ0n) is 22.6. The van der Waals surface area contributed by atoms with E-state index in [2.05, 4.69) is 6.58 Å². The standard InChI is InChI=1S/C35H24F3O3PS/c1-2-24-17-20-30-26(23-24)18-21-31(41-43(39,40)35(36,37)38)33(30)34-29-16-10-9-11-25(29)19-22-32(34)42(27-12-5-3-6-13-27)28-14-7-4-8-15-28/h2-23H,1H2. The molecule has 0 aliphatic heterocycles. The third kappa shape index (κ3) is 5.42. The summed E-state index contributed by atoms with van der Waals surface area (Å²) in [5.41, 5.74) is -3.91. The molecule has 0 saturated heterocycles. The van der Waals surface area contributed by atoms with Crippen LogP contribution in [0.4, 0.5) is 13.2 Å². The minimum Gasteiger partial charge on any atom is -0.375 e. The monoisotopic (exact) mass is 612 g/mol. The average molecular weight is 613 g/mol. The van der Waals surface area contributed by atoms with E-state index in [0.29, 0.717) is 16.3 Å². The van der Waals surface area contributed by atoms with E-state index in [1.165, 1.54) is 6.07 Å². The highest BCUT2D eigenvalue weighted by Crippen LogP contribution is 2.46. The zero-order chi connectivity index (χ0) is 30.2. The maximum absolute atomic E-state index is 13.6. The molecular formula is C35H24F3O3PS. The summed E-state index contributed by atoms with van der Waals surface area (Å²) in [5.74, 6) is -0.398. The zero-order valence-corrected chi connectivity index (χ0v) is 24.3. The summed E-state index contributed by atoms with van der Waals surface area (Å²) in [6.45, 7) is 3.83. The number of fused-ring (bicyclic) bond motifs is 2. The second kappa shape index (κ2) is 11.3. The summed E-state index contributed by atoms with van der Waals surface area (Å²) in [4.78, 5) is 0. The summed E-state index contributed by atoms with van der Waals surface area (Å²) in [7, 11) is -7.20. The van der Waals surface area contributed by atoms with Crippen molar-refractivity contribution in [3.05, 3.63) is 140 Å². The second-order valence-corrected chi connectivity index (χ2v) is 13.5. The lowest BCUT2D eigenvalue weighted by Crippen LogP contribution is -2.28. The lowest BCUT2D eigenvalue weighted by molar-refractivity contribution is -0.0499. The van der Waals surface area contributed by atoms with Gasteiger partial charge >= 0.3 is 15.6 Å². The van der Waals surface area contributed by atoms with Crippen LogP contribution in [0.25, 0.3) is 38.7 Å². The van der Waals surface area contributed by atoms with E-state index in [1.54, 1.807) is 24.3 Å². The van der Waals surface area contributed by atoms with Crippen LogP contribution in [0.3, 0.4) is 0 Å². The fourth-order valence-corrected chi connectivity index (χ4v) is 8.18. The van der Waals surface area contributed by atoms with Crippen LogP contribution in [0.1, 0.15) is 5.56 Å². The highest BCUT2D eigenvalue weighted by molar-refractivity contribution is 7.88. The van der Waals surface area contributed by atoms with Crippen molar-refractivity contribution in [1.29, 1.82) is 0 Å². The Morgan fingerprint density at radius 1 is 0.651 bits per heavy atom. The van der Waals surface area contributed by atoms with Crippen LogP contribution < -0.4 is 20.1 Å². The third-order valence-electron chi connectivity index (χ3n) is 7.15. The summed E-state index contributed by atoms with van der Waals surface area (Å²) < 4.78 is 70.7. The molecule has 0 radical (unpaired) electrons. The van der Waals surface area contributed by atoms with Crippen molar-refractivity contribution in [1.82, 2.24) is 0 Å². The maximum Gasteiger partial charge on any atom is 0.534 e. The molecule has 3 nitrogen and oxygen atoms in total. The molecule has 6 aromatic carbocycles. The number of alkyl halides is 3. The first-order chi connectivity index (χ1) is 20.7. The van der Waals surface area contributed by atoms with Gasteiger partial charge in [0.15, 0.2) is 5.75 Å². The molecule has 0 aliphatic carbocycles. The number of benzene rings is 6. The molecule has 0 heterocycles. The normalized spacial score (nSPS) is 12.1. The van der Waals surface area contributed by atoms with Crippen LogP contribution in [0.5, 0.6) is 5.75 Å². The van der Waals surface area contributed by atoms with E-state index >= 15 is 0 Å². The van der Waals surface area contributed by atoms with Crippen LogP contribution in [-0.2, 0) is 10.1 Å². The van der Waals surface area contributed by atoms with E-state index in [1.807, 2.05) is 103 Å². The molecule has 0 aliphatic rings. The minimum atomic E-state index is -5.96. The second-order valence-electron chi connectivity index (χ2n) is 9.79. The molecule has 0 fully saturated rings. The van der Waals surface area contributed by atoms with Gasteiger partial charge in [0.1, 0.15) is 0 Å². The first-order valence-corrected chi connectivity index (χ1v) is 16.1. The van der Waals surface area contributed by atoms with Crippen molar-refractivity contribution >= 4 is 61.6 Å². The van der Waals surface area contributed by atoms with E-state index in [9.17, 15) is 21.6 Å². The maximum atomic E-state index is 13.6. The van der Waals surface area contributed by atoms with Crippen molar-refractivity contribution < 1.29 is 25.8 Å². The topological polar surface area (TPSA) is 43.4 Å². The fourth-order valence-electron chi connectivity index (χ4n) is 5.24. The van der Waals surface area contributed by atoms with Crippen LogP contribution in [0, 0.1) is 0 Å². The summed E-state index contributed by atoms with van der Waals surface area (Å²) in [6.07, 6.45) is 1.67. The van der Waals surface area contributed by atoms with Crippen molar-refractivity contribution in [3.8, 4) is 16.9 Å². The molecule has 43 heavy (non-hydrogen) atoms. The number of halogens is 3. The average Bonchev–Trinajstić information content (AvgIpc) is 3.01. The first-order valence-electron chi connectivity index (χ1n) is 13.3. The van der Waals surface area contributed by atoms with Crippen LogP contribution in [0.2, 0.25) is 0 Å². The van der Waals surface area contributed by atoms with Crippen LogP contribution in [0.15, 0.2) is 134 Å². The number of rotatable bonds is 7. The van der Waals surface area contributed by atoms with Crippen molar-refractivity contribution in [2.45, 2.75) is 5.51 Å². The number of hydrogen-bond acceptors (Lipinski definition) is 3. The van der Waals surface area contributed by atoms with Gasteiger partial charge in [0.2, 0.25) is 0 Å². The van der Waals surface area contributed by atoms with E-state index in [4.69, 9.17) is 4.18 Å². The van der Waals surface area contributed by atoms with Gasteiger partial charge in [0.25, 0.3) is 0 Å². The van der Waals surface area contributed by atoms with Gasteiger partial charge in [-0.3, -0.25) is 0 Å². The molecule has 0 bridgehead atoms. The van der Waals surface area contributed by atoms with Gasteiger partial charge in [-0.1, -0.05) is 128 Å². The SMILES string of the molecule is C=Cc1ccc2c(-c3c(P(c4ccccc4)c4ccccc4)ccc4ccccc34)c(OS(=O)(=O)C(F)(F)F)ccc2c1. The Morgan fingerprint density at radius 2 is 1.23 bits per heavy atom. The number of hydrogen-bond donors (Lipinski definition) is 0. The van der Waals surface area contributed by atoms with Gasteiger partial charge in [0, 0.05) is 11.1 Å². The Kier molecular flexibility index (Phi) is 7.55. The molecule has 0 unspecified atom stereocenters. The van der Waals surface area contributed by atoms with Crippen LogP contribution >= 0.6 is 7.92 Å². The Labute approximate surface area is 248 Å². The van der Waals surface area contributed by atoms with E-state index < -0.39 is 29.3 Å². The highest BCUT2D eigenvalue weighted by atomic mass is 32.2. The summed E-state index contributed by atoms with van der Waals surface area (Å²) in [5, 5.41) is 5.76. The van der Waals surface area contributed by atoms with Gasteiger partial charge in [-0.25, -0.2) is 0 Å². The molecule has 0 aromatic heterocycles. The molecule has 214 valence electrons. The van der Waals surface area contributed by atoms with Gasteiger partial charge < -0.3 is 4.18 Å².